The van der Waals surface area contributed by atoms with Gasteiger partial charge in [-0.25, -0.2) is 9.78 Å². The number of unbranched alkanes of at least 4 members (excludes halogenated alkanes) is 3. The Morgan fingerprint density at radius 3 is 2.86 bits per heavy atom. The Balaban J connectivity index is 1.35. The van der Waals surface area contributed by atoms with Crippen LogP contribution in [0.1, 0.15) is 50.0 Å². The van der Waals surface area contributed by atoms with E-state index in [0.29, 0.717) is 12.5 Å². The van der Waals surface area contributed by atoms with Crippen molar-refractivity contribution in [1.82, 2.24) is 19.7 Å². The molecule has 2 heterocycles. The predicted octanol–water partition coefficient (Wildman–Crippen LogP) is 4.03. The van der Waals surface area contributed by atoms with Gasteiger partial charge in [0.05, 0.1) is 35.7 Å². The molecule has 1 aromatic carbocycles. The first kappa shape index (κ1) is 18.4. The number of aromatic nitrogens is 4. The molecule has 1 aliphatic rings. The molecule has 0 spiro atoms. The minimum atomic E-state index is -0.704. The molecule has 4 rings (SSSR count). The molecule has 3 aromatic rings. The molecule has 2 aromatic heterocycles. The maximum Gasteiger partial charge on any atom is 0.404 e. The number of ether oxygens (including phenoxy) is 1. The fraction of sp³-hybridized carbons (Fsp3) is 0.429. The average Bonchev–Trinajstić information content (AvgIpc) is 3.44. The Morgan fingerprint density at radius 2 is 2.04 bits per heavy atom. The number of carbonyl (C=O) groups is 1. The van der Waals surface area contributed by atoms with Crippen LogP contribution in [0.15, 0.2) is 36.8 Å². The van der Waals surface area contributed by atoms with Gasteiger partial charge >= 0.3 is 6.09 Å². The van der Waals surface area contributed by atoms with Crippen molar-refractivity contribution in [2.75, 3.05) is 6.61 Å². The molecule has 0 bridgehead atoms. The quantitative estimate of drug-likeness (QED) is 0.566. The largest absolute Gasteiger partial charge is 0.450 e. The molecule has 1 amide bonds. The van der Waals surface area contributed by atoms with Crippen LogP contribution in [0.2, 0.25) is 0 Å². The first-order valence-electron chi connectivity index (χ1n) is 9.91. The number of carbonyl (C=O) groups excluding carboxylic acids is 1. The standard InChI is InChI=1S/C21H25N5O2/c22-21(27)28-11-4-2-1-3-10-26-14-16(12-24-26)19-13-23-18-7-5-6-17(15-8-9-15)20(18)25-19/h5-7,12-15H,1-4,8-11H2,(H2,22,27). The van der Waals surface area contributed by atoms with Gasteiger partial charge in [0.1, 0.15) is 0 Å². The van der Waals surface area contributed by atoms with Gasteiger partial charge in [0.2, 0.25) is 0 Å². The Kier molecular flexibility index (Phi) is 5.50. The van der Waals surface area contributed by atoms with Crippen LogP contribution < -0.4 is 5.73 Å². The molecule has 1 aliphatic carbocycles. The number of amides is 1. The van der Waals surface area contributed by atoms with Gasteiger partial charge in [-0.05, 0) is 49.7 Å². The SMILES string of the molecule is NC(=O)OCCCCCCn1cc(-c2cnc3cccc(C4CC4)c3n2)cn1. The minimum absolute atomic E-state index is 0.394. The first-order chi connectivity index (χ1) is 13.7. The summed E-state index contributed by atoms with van der Waals surface area (Å²) in [4.78, 5) is 20.0. The van der Waals surface area contributed by atoms with E-state index < -0.39 is 6.09 Å². The summed E-state index contributed by atoms with van der Waals surface area (Å²) in [5, 5.41) is 4.46. The smallest absolute Gasteiger partial charge is 0.404 e. The molecule has 0 unspecified atom stereocenters. The van der Waals surface area contributed by atoms with E-state index in [1.54, 1.807) is 0 Å². The van der Waals surface area contributed by atoms with Crippen LogP contribution >= 0.6 is 0 Å². The van der Waals surface area contributed by atoms with Gasteiger partial charge in [0, 0.05) is 18.3 Å². The van der Waals surface area contributed by atoms with Crippen molar-refractivity contribution in [2.24, 2.45) is 5.73 Å². The fourth-order valence-electron chi connectivity index (χ4n) is 3.44. The second-order valence-corrected chi connectivity index (χ2v) is 7.32. The number of rotatable bonds is 9. The molecular weight excluding hydrogens is 354 g/mol. The summed E-state index contributed by atoms with van der Waals surface area (Å²) in [7, 11) is 0. The van der Waals surface area contributed by atoms with Gasteiger partial charge in [-0.15, -0.1) is 0 Å². The highest BCUT2D eigenvalue weighted by Crippen LogP contribution is 2.42. The van der Waals surface area contributed by atoms with Gasteiger partial charge in [0.25, 0.3) is 0 Å². The maximum atomic E-state index is 10.5. The Labute approximate surface area is 163 Å². The van der Waals surface area contributed by atoms with Crippen molar-refractivity contribution < 1.29 is 9.53 Å². The number of benzene rings is 1. The molecule has 0 saturated heterocycles. The molecule has 1 fully saturated rings. The first-order valence-corrected chi connectivity index (χ1v) is 9.91. The van der Waals surface area contributed by atoms with E-state index in [1.165, 1.54) is 18.4 Å². The summed E-state index contributed by atoms with van der Waals surface area (Å²) < 4.78 is 6.68. The Morgan fingerprint density at radius 1 is 1.18 bits per heavy atom. The van der Waals surface area contributed by atoms with Crippen LogP contribution in [0.5, 0.6) is 0 Å². The number of fused-ring (bicyclic) bond motifs is 1. The highest BCUT2D eigenvalue weighted by atomic mass is 16.5. The Hall–Kier alpha value is -2.96. The van der Waals surface area contributed by atoms with E-state index in [1.807, 2.05) is 29.3 Å². The lowest BCUT2D eigenvalue weighted by molar-refractivity contribution is 0.154. The summed E-state index contributed by atoms with van der Waals surface area (Å²) in [5.74, 6) is 0.643. The monoisotopic (exact) mass is 379 g/mol. The van der Waals surface area contributed by atoms with Crippen molar-refractivity contribution in [1.29, 1.82) is 0 Å². The lowest BCUT2D eigenvalue weighted by Gasteiger charge is -2.05. The third kappa shape index (κ3) is 4.47. The van der Waals surface area contributed by atoms with E-state index in [0.717, 1.165) is 54.5 Å². The zero-order chi connectivity index (χ0) is 19.3. The summed E-state index contributed by atoms with van der Waals surface area (Å²) in [6.45, 7) is 1.25. The topological polar surface area (TPSA) is 95.9 Å². The number of primary amides is 1. The number of para-hydroxylation sites is 1. The molecule has 7 nitrogen and oxygen atoms in total. The maximum absolute atomic E-state index is 10.5. The van der Waals surface area contributed by atoms with Crippen LogP contribution in [0.3, 0.4) is 0 Å². The lowest BCUT2D eigenvalue weighted by atomic mass is 10.1. The second kappa shape index (κ2) is 8.37. The normalized spacial score (nSPS) is 13.7. The van der Waals surface area contributed by atoms with Gasteiger partial charge in [-0.1, -0.05) is 18.6 Å². The van der Waals surface area contributed by atoms with Crippen LogP contribution in [0, 0.1) is 0 Å². The number of nitrogens with zero attached hydrogens (tertiary/aromatic N) is 4. The summed E-state index contributed by atoms with van der Waals surface area (Å²) in [6, 6.07) is 6.27. The van der Waals surface area contributed by atoms with Crippen molar-refractivity contribution in [2.45, 2.75) is 51.0 Å². The van der Waals surface area contributed by atoms with E-state index in [4.69, 9.17) is 15.5 Å². The lowest BCUT2D eigenvalue weighted by Crippen LogP contribution is -2.13. The molecule has 0 radical (unpaired) electrons. The third-order valence-electron chi connectivity index (χ3n) is 5.08. The van der Waals surface area contributed by atoms with E-state index >= 15 is 0 Å². The number of hydrogen-bond acceptors (Lipinski definition) is 5. The molecule has 0 aliphatic heterocycles. The minimum Gasteiger partial charge on any atom is -0.450 e. The van der Waals surface area contributed by atoms with Crippen LogP contribution in [0.4, 0.5) is 4.79 Å². The van der Waals surface area contributed by atoms with E-state index in [9.17, 15) is 4.79 Å². The van der Waals surface area contributed by atoms with Crippen molar-refractivity contribution in [3.63, 3.8) is 0 Å². The molecule has 0 atom stereocenters. The molecule has 28 heavy (non-hydrogen) atoms. The van der Waals surface area contributed by atoms with Gasteiger partial charge in [-0.2, -0.15) is 5.10 Å². The number of hydrogen-bond donors (Lipinski definition) is 1. The van der Waals surface area contributed by atoms with E-state index in [-0.39, 0.29) is 0 Å². The molecule has 2 N–H and O–H groups in total. The zero-order valence-corrected chi connectivity index (χ0v) is 15.9. The third-order valence-corrected chi connectivity index (χ3v) is 5.08. The predicted molar refractivity (Wildman–Crippen MR) is 107 cm³/mol. The van der Waals surface area contributed by atoms with Crippen LogP contribution in [-0.4, -0.2) is 32.4 Å². The van der Waals surface area contributed by atoms with Crippen molar-refractivity contribution in [3.8, 4) is 11.3 Å². The zero-order valence-electron chi connectivity index (χ0n) is 15.9. The second-order valence-electron chi connectivity index (χ2n) is 7.32. The number of nitrogens with two attached hydrogens (primary N) is 1. The fourth-order valence-corrected chi connectivity index (χ4v) is 3.44. The summed E-state index contributed by atoms with van der Waals surface area (Å²) in [6.07, 6.45) is 11.4. The Bertz CT molecular complexity index is 964. The van der Waals surface area contributed by atoms with Crippen molar-refractivity contribution in [3.05, 3.63) is 42.4 Å². The van der Waals surface area contributed by atoms with Gasteiger partial charge in [-0.3, -0.25) is 9.67 Å². The highest BCUT2D eigenvalue weighted by molar-refractivity contribution is 5.81. The number of aryl methyl sites for hydroxylation is 1. The van der Waals surface area contributed by atoms with Gasteiger partial charge in [0.15, 0.2) is 0 Å². The summed E-state index contributed by atoms with van der Waals surface area (Å²) in [5.41, 5.74) is 10.1. The summed E-state index contributed by atoms with van der Waals surface area (Å²) >= 11 is 0. The molecule has 1 saturated carbocycles. The molecule has 7 heteroatoms. The van der Waals surface area contributed by atoms with Gasteiger partial charge < -0.3 is 10.5 Å². The van der Waals surface area contributed by atoms with Crippen molar-refractivity contribution >= 4 is 17.1 Å². The van der Waals surface area contributed by atoms with Crippen LogP contribution in [0.25, 0.3) is 22.3 Å². The average molecular weight is 379 g/mol. The molecular formula is C21H25N5O2. The van der Waals surface area contributed by atoms with Crippen LogP contribution in [-0.2, 0) is 11.3 Å². The van der Waals surface area contributed by atoms with E-state index in [2.05, 4.69) is 22.2 Å². The highest BCUT2D eigenvalue weighted by Gasteiger charge is 2.26. The molecule has 146 valence electrons.